The normalized spacial score (nSPS) is 27.0. The van der Waals surface area contributed by atoms with Gasteiger partial charge in [-0.1, -0.05) is 18.2 Å². The van der Waals surface area contributed by atoms with Crippen LogP contribution in [0.15, 0.2) is 24.3 Å². The molecule has 1 aliphatic carbocycles. The smallest absolute Gasteiger partial charge is 0.230 e. The summed E-state index contributed by atoms with van der Waals surface area (Å²) >= 11 is 0. The second kappa shape index (κ2) is 5.11. The van der Waals surface area contributed by atoms with Crippen molar-refractivity contribution in [2.24, 2.45) is 11.3 Å². The summed E-state index contributed by atoms with van der Waals surface area (Å²) in [6.07, 6.45) is 3.42. The molecule has 4 heteroatoms. The minimum Gasteiger partial charge on any atom is -0.317 e. The highest BCUT2D eigenvalue weighted by Gasteiger charge is 2.58. The first-order valence-electron chi connectivity index (χ1n) is 8.11. The molecule has 1 aromatic carbocycles. The predicted octanol–water partition coefficient (Wildman–Crippen LogP) is 1.51. The minimum absolute atomic E-state index is 0.255. The van der Waals surface area contributed by atoms with Crippen LogP contribution in [0.25, 0.3) is 0 Å². The number of nitrogens with one attached hydrogen (secondary N) is 2. The van der Waals surface area contributed by atoms with Gasteiger partial charge in [-0.3, -0.25) is 4.79 Å². The Balaban J connectivity index is 1.57. The highest BCUT2D eigenvalue weighted by Crippen LogP contribution is 2.59. The fourth-order valence-corrected chi connectivity index (χ4v) is 4.05. The van der Waals surface area contributed by atoms with Crippen LogP contribution < -0.4 is 15.5 Å². The van der Waals surface area contributed by atoms with Crippen molar-refractivity contribution in [3.63, 3.8) is 0 Å². The van der Waals surface area contributed by atoms with Crippen molar-refractivity contribution in [3.05, 3.63) is 29.8 Å². The summed E-state index contributed by atoms with van der Waals surface area (Å²) < 4.78 is 0. The van der Waals surface area contributed by atoms with Crippen LogP contribution in [0, 0.1) is 11.3 Å². The van der Waals surface area contributed by atoms with Gasteiger partial charge >= 0.3 is 0 Å². The monoisotopic (exact) mass is 285 g/mol. The van der Waals surface area contributed by atoms with Crippen LogP contribution in [0.5, 0.6) is 0 Å². The highest BCUT2D eigenvalue weighted by molar-refractivity contribution is 5.98. The van der Waals surface area contributed by atoms with Gasteiger partial charge in [-0.2, -0.15) is 0 Å². The molecule has 0 aromatic heterocycles. The van der Waals surface area contributed by atoms with Gasteiger partial charge in [-0.15, -0.1) is 0 Å². The molecule has 1 amide bonds. The number of carbonyl (C=O) groups excluding carboxylic acids is 1. The second-order valence-electron chi connectivity index (χ2n) is 6.66. The first-order chi connectivity index (χ1) is 10.3. The number of fused-ring (bicyclic) bond motifs is 1. The van der Waals surface area contributed by atoms with E-state index in [0.29, 0.717) is 11.3 Å². The first kappa shape index (κ1) is 13.3. The molecule has 2 fully saturated rings. The standard InChI is InChI=1S/C17H23N3O/c21-16(14-11-17(14)5-7-18-8-6-17)20-10-9-19-12-13-3-1-2-4-15(13)20/h1-4,14,18-19H,5-12H2. The summed E-state index contributed by atoms with van der Waals surface area (Å²) in [6.45, 7) is 4.67. The van der Waals surface area contributed by atoms with Gasteiger partial charge in [0.2, 0.25) is 5.91 Å². The Morgan fingerprint density at radius 1 is 1.14 bits per heavy atom. The lowest BCUT2D eigenvalue weighted by Crippen LogP contribution is -2.38. The van der Waals surface area contributed by atoms with Gasteiger partial charge in [0.25, 0.3) is 0 Å². The number of para-hydroxylation sites is 1. The molecule has 0 bridgehead atoms. The molecule has 1 saturated heterocycles. The van der Waals surface area contributed by atoms with Crippen molar-refractivity contribution >= 4 is 11.6 Å². The molecule has 1 unspecified atom stereocenters. The van der Waals surface area contributed by atoms with Gasteiger partial charge in [-0.25, -0.2) is 0 Å². The van der Waals surface area contributed by atoms with E-state index < -0.39 is 0 Å². The van der Waals surface area contributed by atoms with Crippen molar-refractivity contribution in [3.8, 4) is 0 Å². The van der Waals surface area contributed by atoms with Crippen LogP contribution in [0.3, 0.4) is 0 Å². The lowest BCUT2D eigenvalue weighted by Gasteiger charge is -2.27. The van der Waals surface area contributed by atoms with Gasteiger partial charge < -0.3 is 15.5 Å². The van der Waals surface area contributed by atoms with Gasteiger partial charge in [0.15, 0.2) is 0 Å². The van der Waals surface area contributed by atoms with E-state index in [9.17, 15) is 4.79 Å². The largest absolute Gasteiger partial charge is 0.317 e. The third-order valence-corrected chi connectivity index (χ3v) is 5.46. The topological polar surface area (TPSA) is 44.4 Å². The van der Waals surface area contributed by atoms with E-state index in [1.54, 1.807) is 0 Å². The molecule has 2 heterocycles. The average Bonchev–Trinajstić information content (AvgIpc) is 3.25. The van der Waals surface area contributed by atoms with Gasteiger partial charge in [0.1, 0.15) is 0 Å². The number of nitrogens with zero attached hydrogens (tertiary/aromatic N) is 1. The maximum atomic E-state index is 13.0. The second-order valence-corrected chi connectivity index (χ2v) is 6.66. The van der Waals surface area contributed by atoms with Gasteiger partial charge in [0.05, 0.1) is 0 Å². The van der Waals surface area contributed by atoms with E-state index in [0.717, 1.165) is 57.7 Å². The molecule has 112 valence electrons. The molecule has 1 atom stereocenters. The third-order valence-electron chi connectivity index (χ3n) is 5.46. The van der Waals surface area contributed by atoms with Crippen LogP contribution in [0.2, 0.25) is 0 Å². The summed E-state index contributed by atoms with van der Waals surface area (Å²) in [6, 6.07) is 8.32. The lowest BCUT2D eigenvalue weighted by atomic mass is 9.91. The van der Waals surface area contributed by atoms with E-state index in [1.165, 1.54) is 5.56 Å². The minimum atomic E-state index is 0.255. The fraction of sp³-hybridized carbons (Fsp3) is 0.588. The summed E-state index contributed by atoms with van der Waals surface area (Å²) in [4.78, 5) is 15.1. The molecule has 4 nitrogen and oxygen atoms in total. The summed E-state index contributed by atoms with van der Waals surface area (Å²) in [5.74, 6) is 0.610. The van der Waals surface area contributed by atoms with Gasteiger partial charge in [-0.05, 0) is 49.4 Å². The van der Waals surface area contributed by atoms with Gasteiger partial charge in [0, 0.05) is 31.2 Å². The highest BCUT2D eigenvalue weighted by atomic mass is 16.2. The van der Waals surface area contributed by atoms with E-state index in [2.05, 4.69) is 28.8 Å². The quantitative estimate of drug-likeness (QED) is 0.822. The Morgan fingerprint density at radius 3 is 2.81 bits per heavy atom. The Labute approximate surface area is 125 Å². The number of benzene rings is 1. The third kappa shape index (κ3) is 2.27. The predicted molar refractivity (Wildman–Crippen MR) is 83.1 cm³/mol. The zero-order valence-corrected chi connectivity index (χ0v) is 12.4. The van der Waals surface area contributed by atoms with Crippen molar-refractivity contribution in [1.82, 2.24) is 10.6 Å². The molecule has 2 aliphatic heterocycles. The first-order valence-corrected chi connectivity index (χ1v) is 8.11. The Bertz CT molecular complexity index is 551. The number of hydrogen-bond donors (Lipinski definition) is 2. The molecule has 21 heavy (non-hydrogen) atoms. The zero-order chi connectivity index (χ0) is 14.3. The van der Waals surface area contributed by atoms with E-state index in [-0.39, 0.29) is 5.92 Å². The fourth-order valence-electron chi connectivity index (χ4n) is 4.05. The molecule has 1 spiro atoms. The van der Waals surface area contributed by atoms with Crippen molar-refractivity contribution < 1.29 is 4.79 Å². The van der Waals surface area contributed by atoms with Crippen molar-refractivity contribution in [1.29, 1.82) is 0 Å². The number of hydrogen-bond acceptors (Lipinski definition) is 3. The number of rotatable bonds is 1. The zero-order valence-electron chi connectivity index (χ0n) is 12.4. The molecule has 2 N–H and O–H groups in total. The Hall–Kier alpha value is -1.39. The van der Waals surface area contributed by atoms with Crippen LogP contribution in [-0.4, -0.2) is 32.1 Å². The number of amides is 1. The van der Waals surface area contributed by atoms with E-state index in [4.69, 9.17) is 0 Å². The molecular formula is C17H23N3O. The maximum Gasteiger partial charge on any atom is 0.230 e. The van der Waals surface area contributed by atoms with Crippen molar-refractivity contribution in [2.45, 2.75) is 25.8 Å². The van der Waals surface area contributed by atoms with Crippen LogP contribution in [-0.2, 0) is 11.3 Å². The molecule has 1 aromatic rings. The molecular weight excluding hydrogens is 262 g/mol. The SMILES string of the molecule is O=C(C1CC12CCNCC2)N1CCNCc2ccccc21. The summed E-state index contributed by atoms with van der Waals surface area (Å²) in [5.41, 5.74) is 2.67. The Kier molecular flexibility index (Phi) is 3.23. The summed E-state index contributed by atoms with van der Waals surface area (Å²) in [5, 5.41) is 6.82. The van der Waals surface area contributed by atoms with Crippen LogP contribution >= 0.6 is 0 Å². The van der Waals surface area contributed by atoms with Crippen LogP contribution in [0.1, 0.15) is 24.8 Å². The molecule has 4 rings (SSSR count). The van der Waals surface area contributed by atoms with E-state index in [1.807, 2.05) is 11.0 Å². The van der Waals surface area contributed by atoms with Crippen molar-refractivity contribution in [2.75, 3.05) is 31.1 Å². The molecule has 3 aliphatic rings. The number of anilines is 1. The molecule has 0 radical (unpaired) electrons. The number of piperidine rings is 1. The lowest BCUT2D eigenvalue weighted by molar-refractivity contribution is -0.120. The number of carbonyl (C=O) groups is 1. The molecule has 1 saturated carbocycles. The maximum absolute atomic E-state index is 13.0. The van der Waals surface area contributed by atoms with E-state index >= 15 is 0 Å². The Morgan fingerprint density at radius 2 is 1.95 bits per heavy atom. The average molecular weight is 285 g/mol. The summed E-state index contributed by atoms with van der Waals surface area (Å²) in [7, 11) is 0. The van der Waals surface area contributed by atoms with Crippen LogP contribution in [0.4, 0.5) is 5.69 Å².